The minimum Gasteiger partial charge on any atom is -0.507 e. The summed E-state index contributed by atoms with van der Waals surface area (Å²) >= 11 is 0. The van der Waals surface area contributed by atoms with Crippen LogP contribution in [0.1, 0.15) is 16.8 Å². The number of benzene rings is 1. The maximum atomic E-state index is 12.4. The van der Waals surface area contributed by atoms with Crippen molar-refractivity contribution in [2.75, 3.05) is 18.4 Å². The molecule has 3 N–H and O–H groups in total. The van der Waals surface area contributed by atoms with E-state index in [9.17, 15) is 32.7 Å². The second kappa shape index (κ2) is 7.46. The van der Waals surface area contributed by atoms with Gasteiger partial charge in [0.2, 0.25) is 11.8 Å². The van der Waals surface area contributed by atoms with E-state index < -0.39 is 42.2 Å². The second-order valence-corrected chi connectivity index (χ2v) is 5.61. The topological polar surface area (TPSA) is 98.7 Å². The molecule has 1 fully saturated rings. The minimum absolute atomic E-state index is 0.0221. The average Bonchev–Trinajstić information content (AvgIpc) is 2.88. The van der Waals surface area contributed by atoms with E-state index in [1.807, 2.05) is 0 Å². The lowest BCUT2D eigenvalue weighted by molar-refractivity contribution is -0.157. The highest BCUT2D eigenvalue weighted by atomic mass is 19.4. The third-order valence-corrected chi connectivity index (χ3v) is 3.67. The van der Waals surface area contributed by atoms with Gasteiger partial charge in [-0.1, -0.05) is 6.58 Å². The van der Waals surface area contributed by atoms with Crippen LogP contribution in [-0.2, 0) is 9.59 Å². The molecule has 0 spiro atoms. The number of alkyl halides is 3. The minimum atomic E-state index is -4.52. The SMILES string of the molecule is C=CC(=O)Nc1ccc(O)c(C(=O)NC2CCN(CC(F)(F)F)C2=O)c1. The molecule has 0 bridgehead atoms. The molecule has 1 atom stereocenters. The molecule has 140 valence electrons. The normalized spacial score (nSPS) is 17.1. The fourth-order valence-electron chi connectivity index (χ4n) is 2.47. The number of anilines is 1. The Morgan fingerprint density at radius 1 is 1.38 bits per heavy atom. The van der Waals surface area contributed by atoms with Gasteiger partial charge < -0.3 is 20.6 Å². The molecule has 0 aliphatic carbocycles. The summed E-state index contributed by atoms with van der Waals surface area (Å²) in [5, 5.41) is 14.5. The van der Waals surface area contributed by atoms with Crippen molar-refractivity contribution < 1.29 is 32.7 Å². The first-order valence-corrected chi connectivity index (χ1v) is 7.53. The van der Waals surface area contributed by atoms with Gasteiger partial charge in [-0.05, 0) is 30.7 Å². The third kappa shape index (κ3) is 4.74. The van der Waals surface area contributed by atoms with Crippen molar-refractivity contribution in [1.29, 1.82) is 0 Å². The lowest BCUT2D eigenvalue weighted by atomic mass is 10.1. The van der Waals surface area contributed by atoms with E-state index >= 15 is 0 Å². The molecule has 0 radical (unpaired) electrons. The van der Waals surface area contributed by atoms with Gasteiger partial charge in [-0.3, -0.25) is 14.4 Å². The fraction of sp³-hybridized carbons (Fsp3) is 0.312. The Kier molecular flexibility index (Phi) is 5.53. The van der Waals surface area contributed by atoms with E-state index in [4.69, 9.17) is 0 Å². The van der Waals surface area contributed by atoms with E-state index in [-0.39, 0.29) is 24.2 Å². The number of likely N-dealkylation sites (tertiary alicyclic amines) is 1. The van der Waals surface area contributed by atoms with E-state index in [2.05, 4.69) is 17.2 Å². The van der Waals surface area contributed by atoms with Crippen LogP contribution in [0.3, 0.4) is 0 Å². The second-order valence-electron chi connectivity index (χ2n) is 5.61. The average molecular weight is 371 g/mol. The van der Waals surface area contributed by atoms with Crippen LogP contribution in [0.15, 0.2) is 30.9 Å². The van der Waals surface area contributed by atoms with Crippen molar-refractivity contribution in [3.8, 4) is 5.75 Å². The van der Waals surface area contributed by atoms with Crippen molar-refractivity contribution in [3.63, 3.8) is 0 Å². The summed E-state index contributed by atoms with van der Waals surface area (Å²) in [5.74, 6) is -2.62. The molecule has 1 aromatic rings. The zero-order valence-electron chi connectivity index (χ0n) is 13.5. The number of carbonyl (C=O) groups is 3. The van der Waals surface area contributed by atoms with Gasteiger partial charge in [0.05, 0.1) is 5.56 Å². The smallest absolute Gasteiger partial charge is 0.406 e. The highest BCUT2D eigenvalue weighted by Gasteiger charge is 2.40. The monoisotopic (exact) mass is 371 g/mol. The Hall–Kier alpha value is -3.04. The summed E-state index contributed by atoms with van der Waals surface area (Å²) < 4.78 is 37.2. The molecule has 26 heavy (non-hydrogen) atoms. The van der Waals surface area contributed by atoms with Gasteiger partial charge in [-0.25, -0.2) is 0 Å². The molecule has 3 amide bonds. The summed E-state index contributed by atoms with van der Waals surface area (Å²) in [6.45, 7) is 1.76. The van der Waals surface area contributed by atoms with Crippen LogP contribution in [0.2, 0.25) is 0 Å². The molecule has 0 aromatic heterocycles. The molecule has 1 aliphatic rings. The summed E-state index contributed by atoms with van der Waals surface area (Å²) in [7, 11) is 0. The van der Waals surface area contributed by atoms with Gasteiger partial charge in [0, 0.05) is 12.2 Å². The highest BCUT2D eigenvalue weighted by Crippen LogP contribution is 2.24. The molecule has 1 unspecified atom stereocenters. The number of nitrogens with one attached hydrogen (secondary N) is 2. The summed E-state index contributed by atoms with van der Waals surface area (Å²) in [6, 6.07) is 2.58. The van der Waals surface area contributed by atoms with Gasteiger partial charge in [-0.2, -0.15) is 13.2 Å². The number of hydrogen-bond donors (Lipinski definition) is 3. The fourth-order valence-corrected chi connectivity index (χ4v) is 2.47. The van der Waals surface area contributed by atoms with E-state index in [0.29, 0.717) is 4.90 Å². The highest BCUT2D eigenvalue weighted by molar-refractivity contribution is 6.03. The molecule has 1 aliphatic heterocycles. The molecular weight excluding hydrogens is 355 g/mol. The number of nitrogens with zero attached hydrogens (tertiary/aromatic N) is 1. The Morgan fingerprint density at radius 3 is 2.69 bits per heavy atom. The lowest BCUT2D eigenvalue weighted by Gasteiger charge is -2.18. The molecule has 1 saturated heterocycles. The van der Waals surface area contributed by atoms with Crippen molar-refractivity contribution in [3.05, 3.63) is 36.4 Å². The number of rotatable bonds is 5. The number of carbonyl (C=O) groups excluding carboxylic acids is 3. The zero-order valence-corrected chi connectivity index (χ0v) is 13.5. The van der Waals surface area contributed by atoms with Gasteiger partial charge >= 0.3 is 6.18 Å². The predicted molar refractivity (Wildman–Crippen MR) is 85.4 cm³/mol. The standard InChI is InChI=1S/C16H16F3N3O4/c1-2-13(24)20-9-3-4-12(23)10(7-9)14(25)21-11-5-6-22(15(11)26)8-16(17,18)19/h2-4,7,11,23H,1,5-6,8H2,(H,20,24)(H,21,25). The Labute approximate surface area is 146 Å². The number of phenols is 1. The Balaban J connectivity index is 2.08. The summed E-state index contributed by atoms with van der Waals surface area (Å²) in [6.07, 6.45) is -3.49. The molecule has 7 nitrogen and oxygen atoms in total. The van der Waals surface area contributed by atoms with Gasteiger partial charge in [0.15, 0.2) is 0 Å². The van der Waals surface area contributed by atoms with Gasteiger partial charge in [-0.15, -0.1) is 0 Å². The van der Waals surface area contributed by atoms with Gasteiger partial charge in [0.25, 0.3) is 5.91 Å². The van der Waals surface area contributed by atoms with Crippen molar-refractivity contribution in [2.24, 2.45) is 0 Å². The van der Waals surface area contributed by atoms with Gasteiger partial charge in [0.1, 0.15) is 18.3 Å². The first-order valence-electron chi connectivity index (χ1n) is 7.53. The molecule has 0 saturated carbocycles. The van der Waals surface area contributed by atoms with E-state index in [1.54, 1.807) is 0 Å². The number of amides is 3. The van der Waals surface area contributed by atoms with Crippen LogP contribution in [0.4, 0.5) is 18.9 Å². The Bertz CT molecular complexity index is 749. The molecule has 1 aromatic carbocycles. The third-order valence-electron chi connectivity index (χ3n) is 3.67. The molecule has 10 heteroatoms. The molecule has 2 rings (SSSR count). The van der Waals surface area contributed by atoms with Crippen LogP contribution < -0.4 is 10.6 Å². The Morgan fingerprint density at radius 2 is 2.08 bits per heavy atom. The van der Waals surface area contributed by atoms with Crippen LogP contribution in [0, 0.1) is 0 Å². The van der Waals surface area contributed by atoms with Crippen LogP contribution in [0.5, 0.6) is 5.75 Å². The maximum absolute atomic E-state index is 12.4. The molecular formula is C16H16F3N3O4. The largest absolute Gasteiger partial charge is 0.507 e. The van der Waals surface area contributed by atoms with Crippen molar-refractivity contribution >= 4 is 23.4 Å². The first-order chi connectivity index (χ1) is 12.1. The van der Waals surface area contributed by atoms with E-state index in [0.717, 1.165) is 6.08 Å². The maximum Gasteiger partial charge on any atom is 0.406 e. The van der Waals surface area contributed by atoms with Crippen molar-refractivity contribution in [1.82, 2.24) is 10.2 Å². The number of hydrogen-bond acceptors (Lipinski definition) is 4. The zero-order chi connectivity index (χ0) is 19.5. The number of aromatic hydroxyl groups is 1. The summed E-state index contributed by atoms with van der Waals surface area (Å²) in [5.41, 5.74) is -0.0248. The van der Waals surface area contributed by atoms with Crippen LogP contribution >= 0.6 is 0 Å². The van der Waals surface area contributed by atoms with E-state index in [1.165, 1.54) is 18.2 Å². The summed E-state index contributed by atoms with van der Waals surface area (Å²) in [4.78, 5) is 36.1. The van der Waals surface area contributed by atoms with Crippen molar-refractivity contribution in [2.45, 2.75) is 18.6 Å². The lowest BCUT2D eigenvalue weighted by Crippen LogP contribution is -2.43. The van der Waals surface area contributed by atoms with Crippen LogP contribution in [0.25, 0.3) is 0 Å². The quantitative estimate of drug-likeness (QED) is 0.538. The van der Waals surface area contributed by atoms with Crippen LogP contribution in [-0.4, -0.2) is 53.0 Å². The number of halogens is 3. The predicted octanol–water partition coefficient (Wildman–Crippen LogP) is 1.41. The number of phenolic OH excluding ortho intramolecular Hbond substituents is 1. The molecule has 1 heterocycles. The first kappa shape index (κ1) is 19.3.